The standard InChI is InChI=1S/C15H28N4O/c1-8-16-11-9-12(19(7)10-15(5,6)20)18-13(17-11)14(2,3)4/h9,20H,8,10H2,1-7H3,(H,16,17,18). The van der Waals surface area contributed by atoms with E-state index < -0.39 is 5.60 Å². The first-order chi connectivity index (χ1) is 9.03. The second kappa shape index (κ2) is 5.95. The van der Waals surface area contributed by atoms with E-state index >= 15 is 0 Å². The predicted molar refractivity (Wildman–Crippen MR) is 84.5 cm³/mol. The van der Waals surface area contributed by atoms with Gasteiger partial charge in [-0.3, -0.25) is 0 Å². The molecule has 0 radical (unpaired) electrons. The summed E-state index contributed by atoms with van der Waals surface area (Å²) in [5.74, 6) is 2.45. The van der Waals surface area contributed by atoms with Crippen LogP contribution in [-0.4, -0.2) is 40.8 Å². The van der Waals surface area contributed by atoms with Crippen molar-refractivity contribution in [3.63, 3.8) is 0 Å². The topological polar surface area (TPSA) is 61.3 Å². The second-order valence-corrected chi connectivity index (χ2v) is 6.88. The molecule has 0 saturated heterocycles. The number of anilines is 2. The molecule has 0 amide bonds. The lowest BCUT2D eigenvalue weighted by molar-refractivity contribution is 0.0884. The average molecular weight is 280 g/mol. The molecule has 20 heavy (non-hydrogen) atoms. The third kappa shape index (κ3) is 4.96. The van der Waals surface area contributed by atoms with E-state index in [0.29, 0.717) is 6.54 Å². The lowest BCUT2D eigenvalue weighted by Crippen LogP contribution is -2.37. The number of hydrogen-bond acceptors (Lipinski definition) is 5. The highest BCUT2D eigenvalue weighted by atomic mass is 16.3. The Morgan fingerprint density at radius 3 is 2.25 bits per heavy atom. The molecule has 1 rings (SSSR count). The molecule has 2 N–H and O–H groups in total. The van der Waals surface area contributed by atoms with Crippen LogP contribution in [0.4, 0.5) is 11.6 Å². The van der Waals surface area contributed by atoms with E-state index in [4.69, 9.17) is 0 Å². The van der Waals surface area contributed by atoms with Crippen LogP contribution in [0, 0.1) is 0 Å². The zero-order chi connectivity index (χ0) is 15.6. The fraction of sp³-hybridized carbons (Fsp3) is 0.733. The third-order valence-electron chi connectivity index (χ3n) is 2.76. The van der Waals surface area contributed by atoms with E-state index in [1.165, 1.54) is 0 Å². The monoisotopic (exact) mass is 280 g/mol. The van der Waals surface area contributed by atoms with Crippen LogP contribution in [-0.2, 0) is 5.41 Å². The molecule has 0 aromatic carbocycles. The lowest BCUT2D eigenvalue weighted by Gasteiger charge is -2.28. The van der Waals surface area contributed by atoms with Crippen molar-refractivity contribution in [1.29, 1.82) is 0 Å². The van der Waals surface area contributed by atoms with Crippen LogP contribution in [0.3, 0.4) is 0 Å². The van der Waals surface area contributed by atoms with E-state index in [9.17, 15) is 5.11 Å². The maximum Gasteiger partial charge on any atom is 0.138 e. The summed E-state index contributed by atoms with van der Waals surface area (Å²) in [5.41, 5.74) is -0.879. The van der Waals surface area contributed by atoms with Gasteiger partial charge in [-0.05, 0) is 20.8 Å². The van der Waals surface area contributed by atoms with Crippen LogP contribution in [0.1, 0.15) is 47.4 Å². The van der Waals surface area contributed by atoms with Gasteiger partial charge >= 0.3 is 0 Å². The Morgan fingerprint density at radius 2 is 1.80 bits per heavy atom. The quantitative estimate of drug-likeness (QED) is 0.867. The summed E-state index contributed by atoms with van der Waals surface area (Å²) in [5, 5.41) is 13.2. The molecule has 0 saturated carbocycles. The van der Waals surface area contributed by atoms with Gasteiger partial charge in [-0.15, -0.1) is 0 Å². The Balaban J connectivity index is 3.15. The maximum atomic E-state index is 9.95. The van der Waals surface area contributed by atoms with Gasteiger partial charge in [0.1, 0.15) is 17.5 Å². The number of nitrogens with one attached hydrogen (secondary N) is 1. The molecule has 0 bridgehead atoms. The van der Waals surface area contributed by atoms with Crippen molar-refractivity contribution in [2.24, 2.45) is 0 Å². The molecule has 0 aliphatic rings. The molecule has 0 fully saturated rings. The van der Waals surface area contributed by atoms with Crippen molar-refractivity contribution in [2.75, 3.05) is 30.4 Å². The normalized spacial score (nSPS) is 12.4. The second-order valence-electron chi connectivity index (χ2n) is 6.88. The van der Waals surface area contributed by atoms with Gasteiger partial charge in [0.2, 0.25) is 0 Å². The van der Waals surface area contributed by atoms with Crippen molar-refractivity contribution in [2.45, 2.75) is 52.6 Å². The number of nitrogens with zero attached hydrogens (tertiary/aromatic N) is 3. The summed E-state index contributed by atoms with van der Waals surface area (Å²) in [6, 6.07) is 1.92. The molecular weight excluding hydrogens is 252 g/mol. The van der Waals surface area contributed by atoms with Gasteiger partial charge in [0.15, 0.2) is 0 Å². The molecule has 0 aliphatic heterocycles. The molecule has 1 heterocycles. The third-order valence-corrected chi connectivity index (χ3v) is 2.76. The predicted octanol–water partition coefficient (Wildman–Crippen LogP) is 2.41. The number of likely N-dealkylation sites (N-methyl/N-ethyl adjacent to an activating group) is 1. The van der Waals surface area contributed by atoms with Gasteiger partial charge < -0.3 is 15.3 Å². The minimum Gasteiger partial charge on any atom is -0.389 e. The number of aromatic nitrogens is 2. The average Bonchev–Trinajstić information content (AvgIpc) is 2.25. The zero-order valence-corrected chi connectivity index (χ0v) is 13.8. The van der Waals surface area contributed by atoms with Gasteiger partial charge in [0.25, 0.3) is 0 Å². The lowest BCUT2D eigenvalue weighted by atomic mass is 9.96. The molecule has 5 nitrogen and oxygen atoms in total. The highest BCUT2D eigenvalue weighted by Crippen LogP contribution is 2.24. The number of hydrogen-bond donors (Lipinski definition) is 2. The molecule has 1 aromatic heterocycles. The Bertz CT molecular complexity index is 446. The first-order valence-electron chi connectivity index (χ1n) is 7.10. The maximum absolute atomic E-state index is 9.95. The Morgan fingerprint density at radius 1 is 1.20 bits per heavy atom. The molecular formula is C15H28N4O. The smallest absolute Gasteiger partial charge is 0.138 e. The molecule has 114 valence electrons. The van der Waals surface area contributed by atoms with E-state index in [1.54, 1.807) is 13.8 Å². The molecule has 0 unspecified atom stereocenters. The van der Waals surface area contributed by atoms with Crippen molar-refractivity contribution >= 4 is 11.6 Å². The van der Waals surface area contributed by atoms with Crippen LogP contribution >= 0.6 is 0 Å². The van der Waals surface area contributed by atoms with Gasteiger partial charge in [-0.25, -0.2) is 9.97 Å². The van der Waals surface area contributed by atoms with Crippen molar-refractivity contribution < 1.29 is 5.11 Å². The van der Waals surface area contributed by atoms with Crippen molar-refractivity contribution in [3.05, 3.63) is 11.9 Å². The first-order valence-corrected chi connectivity index (χ1v) is 7.10. The Hall–Kier alpha value is -1.36. The highest BCUT2D eigenvalue weighted by Gasteiger charge is 2.22. The minimum absolute atomic E-state index is 0.115. The Labute approximate surface area is 122 Å². The summed E-state index contributed by atoms with van der Waals surface area (Å²) in [7, 11) is 1.93. The van der Waals surface area contributed by atoms with E-state index in [0.717, 1.165) is 24.0 Å². The van der Waals surface area contributed by atoms with Crippen molar-refractivity contribution in [3.8, 4) is 0 Å². The molecule has 1 aromatic rings. The fourth-order valence-corrected chi connectivity index (χ4v) is 1.90. The van der Waals surface area contributed by atoms with Gasteiger partial charge in [0, 0.05) is 31.6 Å². The van der Waals surface area contributed by atoms with Crippen LogP contribution < -0.4 is 10.2 Å². The van der Waals surface area contributed by atoms with E-state index in [1.807, 2.05) is 24.9 Å². The highest BCUT2D eigenvalue weighted by molar-refractivity contribution is 5.49. The van der Waals surface area contributed by atoms with Crippen LogP contribution in [0.2, 0.25) is 0 Å². The minimum atomic E-state index is -0.764. The molecule has 0 atom stereocenters. The fourth-order valence-electron chi connectivity index (χ4n) is 1.90. The largest absolute Gasteiger partial charge is 0.389 e. The van der Waals surface area contributed by atoms with Crippen LogP contribution in [0.15, 0.2) is 6.07 Å². The summed E-state index contributed by atoms with van der Waals surface area (Å²) in [6.07, 6.45) is 0. The van der Waals surface area contributed by atoms with Crippen LogP contribution in [0.25, 0.3) is 0 Å². The molecule has 5 heteroatoms. The van der Waals surface area contributed by atoms with Gasteiger partial charge in [0.05, 0.1) is 5.60 Å². The summed E-state index contributed by atoms with van der Waals surface area (Å²) >= 11 is 0. The van der Waals surface area contributed by atoms with Gasteiger partial charge in [-0.2, -0.15) is 0 Å². The Kier molecular flexibility index (Phi) is 4.97. The van der Waals surface area contributed by atoms with Gasteiger partial charge in [-0.1, -0.05) is 20.8 Å². The molecule has 0 aliphatic carbocycles. The van der Waals surface area contributed by atoms with E-state index in [2.05, 4.69) is 36.1 Å². The summed E-state index contributed by atoms with van der Waals surface area (Å²) in [6.45, 7) is 13.2. The number of rotatable bonds is 5. The van der Waals surface area contributed by atoms with E-state index in [-0.39, 0.29) is 5.41 Å². The van der Waals surface area contributed by atoms with Crippen LogP contribution in [0.5, 0.6) is 0 Å². The number of aliphatic hydroxyl groups is 1. The first kappa shape index (κ1) is 16.7. The zero-order valence-electron chi connectivity index (χ0n) is 13.8. The van der Waals surface area contributed by atoms with Crippen molar-refractivity contribution in [1.82, 2.24) is 9.97 Å². The SMILES string of the molecule is CCNc1cc(N(C)CC(C)(C)O)nc(C(C)(C)C)n1. The summed E-state index contributed by atoms with van der Waals surface area (Å²) < 4.78 is 0. The molecule has 0 spiro atoms. The summed E-state index contributed by atoms with van der Waals surface area (Å²) in [4.78, 5) is 11.2.